The summed E-state index contributed by atoms with van der Waals surface area (Å²) in [4.78, 5) is 0. The third-order valence-corrected chi connectivity index (χ3v) is 4.02. The Balaban J connectivity index is 0. The van der Waals surface area contributed by atoms with Crippen molar-refractivity contribution < 1.29 is 30.1 Å². The van der Waals surface area contributed by atoms with Crippen LogP contribution in [0.1, 0.15) is 15.4 Å². The molecule has 0 spiro atoms. The van der Waals surface area contributed by atoms with Gasteiger partial charge in [-0.25, -0.2) is 0 Å². The molecule has 1 aliphatic carbocycles. The van der Waals surface area contributed by atoms with Gasteiger partial charge in [-0.15, -0.1) is 0 Å². The maximum Gasteiger partial charge on any atom is 3.00 e. The molecule has 0 heterocycles. The van der Waals surface area contributed by atoms with Crippen LogP contribution in [0.3, 0.4) is 0 Å². The minimum atomic E-state index is 0. The molecule has 1 aliphatic rings. The minimum absolute atomic E-state index is 0. The average Bonchev–Trinajstić information content (AvgIpc) is 2.59. The summed E-state index contributed by atoms with van der Waals surface area (Å²) in [6.07, 6.45) is 1.14. The van der Waals surface area contributed by atoms with Crippen molar-refractivity contribution in [2.45, 2.75) is 6.42 Å². The second kappa shape index (κ2) is 4.18. The summed E-state index contributed by atoms with van der Waals surface area (Å²) in [7, 11) is 1.16. The molecular weight excluding hydrogens is 229 g/mol. The molecule has 0 N–H and O–H groups in total. The zero-order chi connectivity index (χ0) is 9.54. The van der Waals surface area contributed by atoms with Crippen LogP contribution in [0.25, 0.3) is 11.1 Å². The Bertz CT molecular complexity index is 517. The standard InChI is InChI=1S/C13H12Si.Sc.3H/c14-13-7-3-6-11-10-5-2-1-4-9(10)8-12(11)13;;;;/h1-7H,8H2,14H3;;;;/q;+3;3*-1. The van der Waals surface area contributed by atoms with E-state index in [9.17, 15) is 0 Å². The molecule has 2 aromatic rings. The molecule has 2 aromatic carbocycles. The van der Waals surface area contributed by atoms with E-state index in [4.69, 9.17) is 0 Å². The van der Waals surface area contributed by atoms with Gasteiger partial charge in [-0.2, -0.15) is 0 Å². The molecule has 0 bridgehead atoms. The van der Waals surface area contributed by atoms with E-state index in [0.717, 1.165) is 16.7 Å². The molecule has 0 aliphatic heterocycles. The molecule has 0 nitrogen and oxygen atoms in total. The Morgan fingerprint density at radius 3 is 2.53 bits per heavy atom. The van der Waals surface area contributed by atoms with Gasteiger partial charge in [0.15, 0.2) is 0 Å². The van der Waals surface area contributed by atoms with E-state index in [-0.39, 0.29) is 30.1 Å². The van der Waals surface area contributed by atoms with Gasteiger partial charge in [0.1, 0.15) is 0 Å². The Labute approximate surface area is 116 Å². The average molecular weight is 244 g/mol. The fourth-order valence-corrected chi connectivity index (χ4v) is 2.96. The third-order valence-electron chi connectivity index (χ3n) is 3.09. The summed E-state index contributed by atoms with van der Waals surface area (Å²) >= 11 is 0. The number of benzene rings is 2. The predicted molar refractivity (Wildman–Crippen MR) is 67.6 cm³/mol. The second-order valence-corrected chi connectivity index (χ2v) is 5.01. The van der Waals surface area contributed by atoms with Crippen LogP contribution in [-0.2, 0) is 32.3 Å². The summed E-state index contributed by atoms with van der Waals surface area (Å²) in [5.41, 5.74) is 5.97. The van der Waals surface area contributed by atoms with E-state index in [1.54, 1.807) is 10.8 Å². The summed E-state index contributed by atoms with van der Waals surface area (Å²) in [5, 5.41) is 1.55. The summed E-state index contributed by atoms with van der Waals surface area (Å²) in [6, 6.07) is 15.5. The van der Waals surface area contributed by atoms with E-state index in [1.165, 1.54) is 16.7 Å². The molecule has 0 saturated carbocycles. The van der Waals surface area contributed by atoms with Gasteiger partial charge in [0.05, 0.1) is 0 Å². The van der Waals surface area contributed by atoms with E-state index < -0.39 is 0 Å². The molecule has 74 valence electrons. The van der Waals surface area contributed by atoms with E-state index in [1.807, 2.05) is 0 Å². The van der Waals surface area contributed by atoms with Gasteiger partial charge in [0.2, 0.25) is 0 Å². The predicted octanol–water partition coefficient (Wildman–Crippen LogP) is 1.58. The summed E-state index contributed by atoms with van der Waals surface area (Å²) < 4.78 is 0. The van der Waals surface area contributed by atoms with Crippen LogP contribution in [0.2, 0.25) is 0 Å². The summed E-state index contributed by atoms with van der Waals surface area (Å²) in [6.45, 7) is 0. The zero-order valence-corrected chi connectivity index (χ0v) is 12.6. The van der Waals surface area contributed by atoms with Crippen LogP contribution in [0.4, 0.5) is 0 Å². The first-order chi connectivity index (χ1) is 6.86. The van der Waals surface area contributed by atoms with Gasteiger partial charge in [0, 0.05) is 10.2 Å². The van der Waals surface area contributed by atoms with Crippen molar-refractivity contribution in [2.24, 2.45) is 0 Å². The van der Waals surface area contributed by atoms with Crippen molar-refractivity contribution in [1.82, 2.24) is 0 Å². The first kappa shape index (κ1) is 11.0. The van der Waals surface area contributed by atoms with Gasteiger partial charge in [0.25, 0.3) is 0 Å². The number of hydrogen-bond donors (Lipinski definition) is 0. The molecule has 3 rings (SSSR count). The molecule has 15 heavy (non-hydrogen) atoms. The smallest absolute Gasteiger partial charge is 1.00 e. The largest absolute Gasteiger partial charge is 3.00 e. The maximum absolute atomic E-state index is 2.26. The maximum atomic E-state index is 2.26. The summed E-state index contributed by atoms with van der Waals surface area (Å²) in [5.74, 6) is 0. The van der Waals surface area contributed by atoms with Gasteiger partial charge < -0.3 is 4.28 Å². The fourth-order valence-electron chi connectivity index (χ4n) is 2.32. The normalized spacial score (nSPS) is 11.7. The van der Waals surface area contributed by atoms with Crippen molar-refractivity contribution in [3.63, 3.8) is 0 Å². The van der Waals surface area contributed by atoms with Crippen molar-refractivity contribution in [3.8, 4) is 11.1 Å². The number of rotatable bonds is 0. The van der Waals surface area contributed by atoms with Crippen molar-refractivity contribution >= 4 is 15.4 Å². The Hall–Kier alpha value is -0.473. The fraction of sp³-hybridized carbons (Fsp3) is 0.0769. The van der Waals surface area contributed by atoms with Crippen molar-refractivity contribution in [3.05, 3.63) is 53.6 Å². The number of hydrogen-bond acceptors (Lipinski definition) is 0. The zero-order valence-electron chi connectivity index (χ0n) is 11.8. The molecule has 0 amide bonds. The molecule has 0 radical (unpaired) electrons. The van der Waals surface area contributed by atoms with Crippen molar-refractivity contribution in [1.29, 1.82) is 0 Å². The number of fused-ring (bicyclic) bond motifs is 3. The van der Waals surface area contributed by atoms with Gasteiger partial charge in [-0.1, -0.05) is 47.7 Å². The SMILES string of the molecule is [H-].[H-].[H-].[Sc+3].[SiH3]c1cccc2c1Cc1ccccc1-2. The molecule has 0 aromatic heterocycles. The van der Waals surface area contributed by atoms with E-state index in [2.05, 4.69) is 42.5 Å². The van der Waals surface area contributed by atoms with Gasteiger partial charge >= 0.3 is 25.8 Å². The molecular formula is C13H15ScSi. The quantitative estimate of drug-likeness (QED) is 0.527. The van der Waals surface area contributed by atoms with Crippen LogP contribution in [-0.4, -0.2) is 10.2 Å². The first-order valence-corrected chi connectivity index (χ1v) is 6.03. The van der Waals surface area contributed by atoms with Crippen LogP contribution in [0.15, 0.2) is 42.5 Å². The first-order valence-electron chi connectivity index (χ1n) is 5.03. The minimum Gasteiger partial charge on any atom is -1.00 e. The van der Waals surface area contributed by atoms with Crippen molar-refractivity contribution in [2.75, 3.05) is 0 Å². The Kier molecular flexibility index (Phi) is 3.07. The Morgan fingerprint density at radius 1 is 0.933 bits per heavy atom. The van der Waals surface area contributed by atoms with Crippen LogP contribution in [0.5, 0.6) is 0 Å². The third kappa shape index (κ3) is 1.70. The van der Waals surface area contributed by atoms with Crippen LogP contribution >= 0.6 is 0 Å². The molecule has 0 saturated heterocycles. The van der Waals surface area contributed by atoms with Gasteiger partial charge in [-0.3, -0.25) is 0 Å². The van der Waals surface area contributed by atoms with E-state index >= 15 is 0 Å². The molecule has 0 unspecified atom stereocenters. The van der Waals surface area contributed by atoms with Gasteiger partial charge in [-0.05, 0) is 28.7 Å². The Morgan fingerprint density at radius 2 is 1.67 bits per heavy atom. The molecule has 0 atom stereocenters. The van der Waals surface area contributed by atoms with E-state index in [0.29, 0.717) is 0 Å². The second-order valence-electron chi connectivity index (χ2n) is 3.93. The topological polar surface area (TPSA) is 0 Å². The monoisotopic (exact) mass is 244 g/mol. The van der Waals surface area contributed by atoms with Crippen LogP contribution in [0, 0.1) is 0 Å². The molecule has 0 fully saturated rings. The van der Waals surface area contributed by atoms with Crippen LogP contribution < -0.4 is 5.19 Å². The molecule has 2 heteroatoms.